The highest BCUT2D eigenvalue weighted by molar-refractivity contribution is 9.10. The summed E-state index contributed by atoms with van der Waals surface area (Å²) in [5, 5.41) is 0. The molecule has 1 atom stereocenters. The summed E-state index contributed by atoms with van der Waals surface area (Å²) in [6.07, 6.45) is 2.02. The van der Waals surface area contributed by atoms with Crippen LogP contribution in [0.25, 0.3) is 0 Å². The molecule has 2 nitrogen and oxygen atoms in total. The molecule has 0 saturated carbocycles. The molecule has 1 heterocycles. The van der Waals surface area contributed by atoms with E-state index in [9.17, 15) is 4.79 Å². The number of hydrogen-bond donors (Lipinski definition) is 0. The number of rotatable bonds is 1. The number of benzene rings is 2. The van der Waals surface area contributed by atoms with E-state index in [1.165, 1.54) is 11.1 Å². The highest BCUT2D eigenvalue weighted by atomic mass is 79.9. The average molecular weight is 344 g/mol. The maximum atomic E-state index is 12.9. The predicted octanol–water partition coefficient (Wildman–Crippen LogP) is 4.74. The monoisotopic (exact) mass is 343 g/mol. The number of aryl methyl sites for hydroxylation is 2. The van der Waals surface area contributed by atoms with Crippen LogP contribution in [0.15, 0.2) is 46.9 Å². The van der Waals surface area contributed by atoms with Gasteiger partial charge in [-0.3, -0.25) is 4.79 Å². The van der Waals surface area contributed by atoms with Gasteiger partial charge >= 0.3 is 0 Å². The topological polar surface area (TPSA) is 20.3 Å². The molecule has 0 radical (unpaired) electrons. The molecule has 3 heteroatoms. The minimum absolute atomic E-state index is 0.0887. The number of amides is 1. The first-order valence-electron chi connectivity index (χ1n) is 7.25. The van der Waals surface area contributed by atoms with E-state index in [0.29, 0.717) is 0 Å². The van der Waals surface area contributed by atoms with Crippen molar-refractivity contribution in [3.63, 3.8) is 0 Å². The molecule has 2 aromatic rings. The molecule has 0 saturated heterocycles. The van der Waals surface area contributed by atoms with Gasteiger partial charge in [0, 0.05) is 21.8 Å². The van der Waals surface area contributed by atoms with Crippen molar-refractivity contribution in [3.05, 3.63) is 63.6 Å². The second kappa shape index (κ2) is 5.64. The van der Waals surface area contributed by atoms with Crippen LogP contribution in [-0.2, 0) is 6.42 Å². The minimum atomic E-state index is 0.0887. The fraction of sp³-hybridized carbons (Fsp3) is 0.278. The molecule has 21 heavy (non-hydrogen) atoms. The molecule has 0 aliphatic carbocycles. The fourth-order valence-corrected chi connectivity index (χ4v) is 3.27. The van der Waals surface area contributed by atoms with Gasteiger partial charge in [0.25, 0.3) is 5.91 Å². The van der Waals surface area contributed by atoms with Crippen LogP contribution < -0.4 is 4.90 Å². The van der Waals surface area contributed by atoms with Crippen molar-refractivity contribution in [2.45, 2.75) is 32.7 Å². The minimum Gasteiger partial charge on any atom is -0.305 e. The second-order valence-electron chi connectivity index (χ2n) is 5.70. The number of halogens is 1. The summed E-state index contributed by atoms with van der Waals surface area (Å²) in [4.78, 5) is 14.8. The number of anilines is 1. The molecule has 3 rings (SSSR count). The quantitative estimate of drug-likeness (QED) is 0.732. The van der Waals surface area contributed by atoms with Gasteiger partial charge in [0.15, 0.2) is 0 Å². The van der Waals surface area contributed by atoms with E-state index in [1.807, 2.05) is 48.2 Å². The Morgan fingerprint density at radius 3 is 2.62 bits per heavy atom. The summed E-state index contributed by atoms with van der Waals surface area (Å²) < 4.78 is 1.07. The standard InChI is InChI=1S/C18H18BrNO/c1-12-3-6-14(7-4-12)18(21)20-13(2)5-8-15-11-16(19)9-10-17(15)20/h3-4,6-7,9-11,13H,5,8H2,1-2H3/t13-/m0/s1. The molecule has 0 bridgehead atoms. The number of fused-ring (bicyclic) bond motifs is 1. The molecule has 0 spiro atoms. The Hall–Kier alpha value is -1.61. The third-order valence-electron chi connectivity index (χ3n) is 4.09. The lowest BCUT2D eigenvalue weighted by Gasteiger charge is -2.35. The lowest BCUT2D eigenvalue weighted by atomic mass is 9.95. The first kappa shape index (κ1) is 14.3. The molecule has 2 aromatic carbocycles. The molecular weight excluding hydrogens is 326 g/mol. The lowest BCUT2D eigenvalue weighted by Crippen LogP contribution is -2.42. The van der Waals surface area contributed by atoms with Crippen LogP contribution in [0.5, 0.6) is 0 Å². The van der Waals surface area contributed by atoms with E-state index in [1.54, 1.807) is 0 Å². The maximum absolute atomic E-state index is 12.9. The molecule has 0 fully saturated rings. The van der Waals surface area contributed by atoms with Crippen molar-refractivity contribution in [3.8, 4) is 0 Å². The van der Waals surface area contributed by atoms with Crippen LogP contribution in [0.4, 0.5) is 5.69 Å². The smallest absolute Gasteiger partial charge is 0.258 e. The fourth-order valence-electron chi connectivity index (χ4n) is 2.87. The summed E-state index contributed by atoms with van der Waals surface area (Å²) in [7, 11) is 0. The normalized spacial score (nSPS) is 17.5. The summed E-state index contributed by atoms with van der Waals surface area (Å²) in [6, 6.07) is 14.2. The first-order chi connectivity index (χ1) is 10.1. The summed E-state index contributed by atoms with van der Waals surface area (Å²) in [6.45, 7) is 4.15. The van der Waals surface area contributed by atoms with E-state index in [-0.39, 0.29) is 11.9 Å². The zero-order valence-electron chi connectivity index (χ0n) is 12.3. The van der Waals surface area contributed by atoms with Crippen molar-refractivity contribution in [1.29, 1.82) is 0 Å². The molecule has 1 aliphatic rings. The van der Waals surface area contributed by atoms with E-state index in [2.05, 4.69) is 28.9 Å². The largest absolute Gasteiger partial charge is 0.305 e. The maximum Gasteiger partial charge on any atom is 0.258 e. The Kier molecular flexibility index (Phi) is 3.85. The van der Waals surface area contributed by atoms with Gasteiger partial charge in [0.05, 0.1) is 0 Å². The molecule has 108 valence electrons. The van der Waals surface area contributed by atoms with Crippen LogP contribution >= 0.6 is 15.9 Å². The molecule has 1 aliphatic heterocycles. The highest BCUT2D eigenvalue weighted by Crippen LogP contribution is 2.33. The average Bonchev–Trinajstić information content (AvgIpc) is 2.47. The third kappa shape index (κ3) is 2.75. The van der Waals surface area contributed by atoms with Crippen molar-refractivity contribution >= 4 is 27.5 Å². The first-order valence-corrected chi connectivity index (χ1v) is 8.04. The Morgan fingerprint density at radius 1 is 1.19 bits per heavy atom. The van der Waals surface area contributed by atoms with Gasteiger partial charge in [-0.1, -0.05) is 33.6 Å². The van der Waals surface area contributed by atoms with E-state index in [0.717, 1.165) is 28.6 Å². The van der Waals surface area contributed by atoms with Crippen molar-refractivity contribution < 1.29 is 4.79 Å². The number of hydrogen-bond acceptors (Lipinski definition) is 1. The number of carbonyl (C=O) groups excluding carboxylic acids is 1. The third-order valence-corrected chi connectivity index (χ3v) is 4.58. The van der Waals surface area contributed by atoms with Crippen molar-refractivity contribution in [2.75, 3.05) is 4.90 Å². The van der Waals surface area contributed by atoms with Crippen LogP contribution in [0.2, 0.25) is 0 Å². The number of carbonyl (C=O) groups is 1. The van der Waals surface area contributed by atoms with E-state index < -0.39 is 0 Å². The molecule has 0 N–H and O–H groups in total. The predicted molar refractivity (Wildman–Crippen MR) is 89.9 cm³/mol. The number of nitrogens with zero attached hydrogens (tertiary/aromatic N) is 1. The van der Waals surface area contributed by atoms with Crippen LogP contribution in [0.1, 0.15) is 34.8 Å². The van der Waals surface area contributed by atoms with Gasteiger partial charge in [0.1, 0.15) is 0 Å². The van der Waals surface area contributed by atoms with Gasteiger partial charge < -0.3 is 4.90 Å². The molecule has 0 aromatic heterocycles. The zero-order valence-corrected chi connectivity index (χ0v) is 13.9. The summed E-state index contributed by atoms with van der Waals surface area (Å²) in [5.74, 6) is 0.0887. The lowest BCUT2D eigenvalue weighted by molar-refractivity contribution is 0.0975. The zero-order chi connectivity index (χ0) is 15.0. The van der Waals surface area contributed by atoms with Gasteiger partial charge in [-0.2, -0.15) is 0 Å². The molecule has 1 amide bonds. The second-order valence-corrected chi connectivity index (χ2v) is 6.62. The van der Waals surface area contributed by atoms with Gasteiger partial charge in [-0.15, -0.1) is 0 Å². The van der Waals surface area contributed by atoms with Crippen molar-refractivity contribution in [2.24, 2.45) is 0 Å². The Morgan fingerprint density at radius 2 is 1.90 bits per heavy atom. The van der Waals surface area contributed by atoms with Crippen LogP contribution in [0, 0.1) is 6.92 Å². The van der Waals surface area contributed by atoms with E-state index >= 15 is 0 Å². The SMILES string of the molecule is Cc1ccc(C(=O)N2c3ccc(Br)cc3CC[C@@H]2C)cc1. The molecular formula is C18H18BrNO. The van der Waals surface area contributed by atoms with E-state index in [4.69, 9.17) is 0 Å². The summed E-state index contributed by atoms with van der Waals surface area (Å²) in [5.41, 5.74) is 4.20. The van der Waals surface area contributed by atoms with Crippen LogP contribution in [0.3, 0.4) is 0 Å². The Bertz CT molecular complexity index is 678. The Balaban J connectivity index is 2.01. The summed E-state index contributed by atoms with van der Waals surface area (Å²) >= 11 is 3.51. The van der Waals surface area contributed by atoms with Gasteiger partial charge in [0.2, 0.25) is 0 Å². The molecule has 0 unspecified atom stereocenters. The van der Waals surface area contributed by atoms with Gasteiger partial charge in [-0.25, -0.2) is 0 Å². The Labute approximate surface area is 133 Å². The van der Waals surface area contributed by atoms with Gasteiger partial charge in [-0.05, 0) is 62.6 Å². The highest BCUT2D eigenvalue weighted by Gasteiger charge is 2.28. The van der Waals surface area contributed by atoms with Crippen LogP contribution in [-0.4, -0.2) is 11.9 Å². The van der Waals surface area contributed by atoms with Crippen molar-refractivity contribution in [1.82, 2.24) is 0 Å².